The zero-order valence-corrected chi connectivity index (χ0v) is 20.0. The van der Waals surface area contributed by atoms with Gasteiger partial charge in [-0.15, -0.1) is 0 Å². The molecule has 2 aromatic heterocycles. The summed E-state index contributed by atoms with van der Waals surface area (Å²) in [6.45, 7) is 3.71. The largest absolute Gasteiger partial charge is 0.491 e. The number of nitrogens with zero attached hydrogens (tertiary/aromatic N) is 1. The van der Waals surface area contributed by atoms with Crippen molar-refractivity contribution in [3.05, 3.63) is 52.9 Å². The van der Waals surface area contributed by atoms with E-state index in [0.717, 1.165) is 24.3 Å². The number of ether oxygens (including phenoxy) is 3. The summed E-state index contributed by atoms with van der Waals surface area (Å²) in [5.74, 6) is 0.853. The number of aromatic amines is 1. The highest BCUT2D eigenvalue weighted by molar-refractivity contribution is 6.32. The lowest BCUT2D eigenvalue weighted by atomic mass is 10.0. The number of rotatable bonds is 8. The van der Waals surface area contributed by atoms with Gasteiger partial charge in [0.25, 0.3) is 5.91 Å². The maximum atomic E-state index is 13.8. The molecule has 0 aliphatic carbocycles. The van der Waals surface area contributed by atoms with Crippen molar-refractivity contribution in [2.75, 3.05) is 31.7 Å². The van der Waals surface area contributed by atoms with Crippen LogP contribution < -0.4 is 20.1 Å². The number of aromatic nitrogens is 2. The molecule has 1 aromatic carbocycles. The fourth-order valence-electron chi connectivity index (χ4n) is 4.35. The van der Waals surface area contributed by atoms with Crippen molar-refractivity contribution in [3.8, 4) is 22.8 Å². The van der Waals surface area contributed by atoms with Gasteiger partial charge >= 0.3 is 0 Å². The van der Waals surface area contributed by atoms with E-state index in [1.165, 1.54) is 6.92 Å². The number of H-pyrrole nitrogens is 1. The second kappa shape index (κ2) is 10.1. The molecule has 5 rings (SSSR count). The second-order valence-corrected chi connectivity index (χ2v) is 8.96. The third kappa shape index (κ3) is 4.92. The molecule has 2 unspecified atom stereocenters. The highest BCUT2D eigenvalue weighted by Crippen LogP contribution is 2.43. The molecular weight excluding hydrogens is 475 g/mol. The summed E-state index contributed by atoms with van der Waals surface area (Å²) in [5, 5.41) is 6.43. The van der Waals surface area contributed by atoms with Crippen LogP contribution in [-0.4, -0.2) is 48.6 Å². The third-order valence-corrected chi connectivity index (χ3v) is 6.32. The van der Waals surface area contributed by atoms with Crippen LogP contribution in [0.1, 0.15) is 29.4 Å². The van der Waals surface area contributed by atoms with Crippen LogP contribution in [0.25, 0.3) is 11.3 Å². The second-order valence-electron chi connectivity index (χ2n) is 8.55. The molecule has 1 amide bonds. The minimum atomic E-state index is -1.57. The summed E-state index contributed by atoms with van der Waals surface area (Å²) in [7, 11) is 0. The Morgan fingerprint density at radius 2 is 2.26 bits per heavy atom. The van der Waals surface area contributed by atoms with Crippen molar-refractivity contribution in [1.29, 1.82) is 0 Å². The number of nitrogens with one attached hydrogen (secondary N) is 3. The van der Waals surface area contributed by atoms with Crippen LogP contribution in [0.3, 0.4) is 0 Å². The fourth-order valence-corrected chi connectivity index (χ4v) is 4.57. The van der Waals surface area contributed by atoms with Crippen molar-refractivity contribution in [2.45, 2.75) is 26.1 Å². The molecule has 2 atom stereocenters. The maximum Gasteiger partial charge on any atom is 0.255 e. The first-order valence-electron chi connectivity index (χ1n) is 11.6. The van der Waals surface area contributed by atoms with E-state index in [1.54, 1.807) is 30.6 Å². The maximum absolute atomic E-state index is 13.8. The molecule has 1 saturated heterocycles. The van der Waals surface area contributed by atoms with Crippen LogP contribution >= 0.6 is 11.6 Å². The smallest absolute Gasteiger partial charge is 0.255 e. The summed E-state index contributed by atoms with van der Waals surface area (Å²) in [4.78, 5) is 20.6. The van der Waals surface area contributed by atoms with Crippen LogP contribution in [-0.2, 0) is 11.2 Å². The van der Waals surface area contributed by atoms with Crippen molar-refractivity contribution in [3.63, 3.8) is 0 Å². The van der Waals surface area contributed by atoms with Gasteiger partial charge in [-0.25, -0.2) is 4.39 Å². The number of pyridine rings is 1. The normalized spacial score (nSPS) is 18.0. The fraction of sp³-hybridized carbons (Fsp3) is 0.360. The average molecular weight is 501 g/mol. The summed E-state index contributed by atoms with van der Waals surface area (Å²) in [5.41, 5.74) is 3.64. The number of halogens is 2. The standard InChI is InChI=1S/C25H26ClFN4O4/c1-14(27)35-24-17(26)3-2-4-19(24)31-23-21-18(6-9-29-25(21)32)30-22(23)16-5-8-28-11-20(16)34-13-15-7-10-33-12-15/h2-5,8,11,14-15,30-31H,6-7,9-10,12-13H2,1H3,(H,29,32). The van der Waals surface area contributed by atoms with E-state index < -0.39 is 6.36 Å². The molecule has 8 nitrogen and oxygen atoms in total. The zero-order chi connectivity index (χ0) is 24.4. The number of carbonyl (C=O) groups excluding carboxylic acids is 1. The van der Waals surface area contributed by atoms with Gasteiger partial charge in [-0.1, -0.05) is 17.7 Å². The van der Waals surface area contributed by atoms with Gasteiger partial charge in [-0.3, -0.25) is 9.78 Å². The number of carbonyl (C=O) groups is 1. The van der Waals surface area contributed by atoms with Crippen LogP contribution in [0.15, 0.2) is 36.7 Å². The van der Waals surface area contributed by atoms with Gasteiger partial charge in [-0.05, 0) is 24.6 Å². The van der Waals surface area contributed by atoms with E-state index in [2.05, 4.69) is 20.6 Å². The molecule has 0 spiro atoms. The van der Waals surface area contributed by atoms with Crippen LogP contribution in [0.5, 0.6) is 11.5 Å². The van der Waals surface area contributed by atoms with Gasteiger partial charge in [0.15, 0.2) is 5.75 Å². The van der Waals surface area contributed by atoms with Crippen LogP contribution in [0.2, 0.25) is 5.02 Å². The molecule has 3 aromatic rings. The molecule has 10 heteroatoms. The van der Waals surface area contributed by atoms with Gasteiger partial charge in [0.2, 0.25) is 6.36 Å². The summed E-state index contributed by atoms with van der Waals surface area (Å²) < 4.78 is 30.7. The third-order valence-electron chi connectivity index (χ3n) is 6.02. The first-order chi connectivity index (χ1) is 17.0. The molecule has 2 aliphatic rings. The number of fused-ring (bicyclic) bond motifs is 1. The molecule has 35 heavy (non-hydrogen) atoms. The van der Waals surface area contributed by atoms with E-state index in [-0.39, 0.29) is 16.7 Å². The molecule has 0 bridgehead atoms. The SMILES string of the molecule is CC(F)Oc1c(Cl)cccc1Nc1c(-c2ccncc2OCC2CCOC2)[nH]c2c1C(=O)NCC2. The Labute approximate surface area is 207 Å². The molecule has 3 N–H and O–H groups in total. The Morgan fingerprint density at radius 3 is 3.06 bits per heavy atom. The first-order valence-corrected chi connectivity index (χ1v) is 11.9. The summed E-state index contributed by atoms with van der Waals surface area (Å²) in [6, 6.07) is 6.90. The van der Waals surface area contributed by atoms with E-state index >= 15 is 0 Å². The topological polar surface area (TPSA) is 97.5 Å². The minimum Gasteiger partial charge on any atom is -0.491 e. The number of benzene rings is 1. The number of para-hydroxylation sites is 1. The van der Waals surface area contributed by atoms with Gasteiger partial charge in [-0.2, -0.15) is 0 Å². The lowest BCUT2D eigenvalue weighted by Crippen LogP contribution is -2.31. The molecule has 1 fully saturated rings. The molecular formula is C25H26ClFN4O4. The first kappa shape index (κ1) is 23.4. The predicted octanol–water partition coefficient (Wildman–Crippen LogP) is 4.87. The van der Waals surface area contributed by atoms with E-state index in [1.807, 2.05) is 6.07 Å². The van der Waals surface area contributed by atoms with E-state index in [0.29, 0.717) is 60.5 Å². The van der Waals surface area contributed by atoms with Gasteiger partial charge < -0.3 is 29.8 Å². The highest BCUT2D eigenvalue weighted by atomic mass is 35.5. The summed E-state index contributed by atoms with van der Waals surface area (Å²) >= 11 is 6.31. The van der Waals surface area contributed by atoms with E-state index in [9.17, 15) is 9.18 Å². The highest BCUT2D eigenvalue weighted by Gasteiger charge is 2.29. The van der Waals surface area contributed by atoms with Crippen molar-refractivity contribution in [1.82, 2.24) is 15.3 Å². The monoisotopic (exact) mass is 500 g/mol. The number of hydrogen-bond donors (Lipinski definition) is 3. The Balaban J connectivity index is 1.57. The van der Waals surface area contributed by atoms with Crippen LogP contribution in [0, 0.1) is 5.92 Å². The lowest BCUT2D eigenvalue weighted by molar-refractivity contribution is 0.0868. The Morgan fingerprint density at radius 1 is 1.37 bits per heavy atom. The molecule has 0 saturated carbocycles. The Kier molecular flexibility index (Phi) is 6.79. The van der Waals surface area contributed by atoms with Crippen LogP contribution in [0.4, 0.5) is 15.8 Å². The quantitative estimate of drug-likeness (QED) is 0.408. The number of hydrogen-bond acceptors (Lipinski definition) is 6. The van der Waals surface area contributed by atoms with Gasteiger partial charge in [0, 0.05) is 49.9 Å². The molecule has 2 aliphatic heterocycles. The predicted molar refractivity (Wildman–Crippen MR) is 130 cm³/mol. The lowest BCUT2D eigenvalue weighted by Gasteiger charge is -2.19. The average Bonchev–Trinajstić information content (AvgIpc) is 3.49. The van der Waals surface area contributed by atoms with Gasteiger partial charge in [0.05, 0.1) is 47.1 Å². The van der Waals surface area contributed by atoms with E-state index in [4.69, 9.17) is 25.8 Å². The minimum absolute atomic E-state index is 0.161. The molecule has 4 heterocycles. The molecule has 184 valence electrons. The van der Waals surface area contributed by atoms with Crippen molar-refractivity contribution >= 4 is 28.9 Å². The summed E-state index contributed by atoms with van der Waals surface area (Å²) in [6.07, 6.45) is 3.34. The number of alkyl halides is 1. The Bertz CT molecular complexity index is 1230. The number of anilines is 2. The molecule has 0 radical (unpaired) electrons. The van der Waals surface area contributed by atoms with Crippen molar-refractivity contribution < 1.29 is 23.4 Å². The number of amides is 1. The van der Waals surface area contributed by atoms with Crippen molar-refractivity contribution in [2.24, 2.45) is 5.92 Å². The Hall–Kier alpha value is -3.30. The van der Waals surface area contributed by atoms with Gasteiger partial charge in [0.1, 0.15) is 5.75 Å². The zero-order valence-electron chi connectivity index (χ0n) is 19.2.